The predicted octanol–water partition coefficient (Wildman–Crippen LogP) is 6.81. The fourth-order valence-corrected chi connectivity index (χ4v) is 3.66. The zero-order valence-corrected chi connectivity index (χ0v) is 19.6. The molecule has 0 saturated heterocycles. The second-order valence-corrected chi connectivity index (χ2v) is 9.54. The summed E-state index contributed by atoms with van der Waals surface area (Å²) < 4.78 is 0. The number of rotatable bonds is 17. The van der Waals surface area contributed by atoms with Gasteiger partial charge in [0.05, 0.1) is 0 Å². The molecule has 2 N–H and O–H groups in total. The number of carbonyl (C=O) groups excluding carboxylic acids is 1. The summed E-state index contributed by atoms with van der Waals surface area (Å²) in [6.45, 7) is 13.1. The molecule has 2 unspecified atom stereocenters. The summed E-state index contributed by atoms with van der Waals surface area (Å²) in [6, 6.07) is 0. The maximum Gasteiger partial charge on any atom is 0.223 e. The van der Waals surface area contributed by atoms with Crippen LogP contribution < -0.4 is 0 Å². The van der Waals surface area contributed by atoms with Gasteiger partial charge in [0.2, 0.25) is 5.79 Å². The van der Waals surface area contributed by atoms with Gasteiger partial charge in [-0.3, -0.25) is 4.79 Å². The molecule has 3 nitrogen and oxygen atoms in total. The van der Waals surface area contributed by atoms with Crippen molar-refractivity contribution in [1.82, 2.24) is 0 Å². The minimum atomic E-state index is -2.15. The van der Waals surface area contributed by atoms with Crippen LogP contribution in [0.4, 0.5) is 0 Å². The van der Waals surface area contributed by atoms with Crippen LogP contribution in [0.25, 0.3) is 0 Å². The summed E-state index contributed by atoms with van der Waals surface area (Å²) in [4.78, 5) is 11.7. The fraction of sp³-hybridized carbons (Fsp3) is 0.880. The van der Waals surface area contributed by atoms with Crippen molar-refractivity contribution in [3.05, 3.63) is 11.6 Å². The normalized spacial score (nSPS) is 15.1. The Morgan fingerprint density at radius 2 is 1.36 bits per heavy atom. The van der Waals surface area contributed by atoms with E-state index in [0.29, 0.717) is 6.42 Å². The van der Waals surface area contributed by atoms with Gasteiger partial charge in [0.15, 0.2) is 5.78 Å². The molecule has 0 aliphatic carbocycles. The second kappa shape index (κ2) is 15.2. The van der Waals surface area contributed by atoms with Gasteiger partial charge in [0, 0.05) is 12.8 Å². The molecule has 0 aliphatic heterocycles. The molecule has 0 spiro atoms. The standard InChI is InChI=1S/C25H48O3/c1-7-25(27,28)24(26)19-11-18-23(6)17-10-16-22(5)15-9-14-21(4)13-8-12-20(2)3/h18,20-22,27-28H,7-17,19H2,1-6H3. The van der Waals surface area contributed by atoms with Crippen LogP contribution in [0.2, 0.25) is 0 Å². The first-order chi connectivity index (χ1) is 13.1. The first-order valence-corrected chi connectivity index (χ1v) is 11.7. The molecule has 0 aliphatic rings. The van der Waals surface area contributed by atoms with E-state index >= 15 is 0 Å². The first kappa shape index (κ1) is 27.3. The summed E-state index contributed by atoms with van der Waals surface area (Å²) in [6.07, 6.45) is 14.6. The topological polar surface area (TPSA) is 57.5 Å². The molecule has 0 aromatic carbocycles. The van der Waals surface area contributed by atoms with Crippen molar-refractivity contribution in [2.45, 2.75) is 124 Å². The third-order valence-electron chi connectivity index (χ3n) is 5.94. The molecule has 0 aromatic rings. The van der Waals surface area contributed by atoms with Gasteiger partial charge >= 0.3 is 0 Å². The van der Waals surface area contributed by atoms with E-state index in [1.54, 1.807) is 6.92 Å². The summed E-state index contributed by atoms with van der Waals surface area (Å²) in [7, 11) is 0. The summed E-state index contributed by atoms with van der Waals surface area (Å²) >= 11 is 0. The van der Waals surface area contributed by atoms with Crippen LogP contribution in [-0.2, 0) is 4.79 Å². The minimum Gasteiger partial charge on any atom is -0.360 e. The Bertz CT molecular complexity index is 437. The molecule has 2 atom stereocenters. The lowest BCUT2D eigenvalue weighted by Gasteiger charge is -2.17. The number of carbonyl (C=O) groups is 1. The van der Waals surface area contributed by atoms with Crippen molar-refractivity contribution < 1.29 is 15.0 Å². The Morgan fingerprint density at radius 3 is 1.86 bits per heavy atom. The largest absolute Gasteiger partial charge is 0.360 e. The Balaban J connectivity index is 3.81. The van der Waals surface area contributed by atoms with Gasteiger partial charge in [-0.2, -0.15) is 0 Å². The van der Waals surface area contributed by atoms with Crippen LogP contribution >= 0.6 is 0 Å². The van der Waals surface area contributed by atoms with Gasteiger partial charge in [0.25, 0.3) is 0 Å². The molecule has 28 heavy (non-hydrogen) atoms. The number of allylic oxidation sites excluding steroid dienone is 2. The summed E-state index contributed by atoms with van der Waals surface area (Å²) in [5, 5.41) is 19.0. The molecule has 0 amide bonds. The van der Waals surface area contributed by atoms with Gasteiger partial charge < -0.3 is 10.2 Å². The monoisotopic (exact) mass is 396 g/mol. The molecule has 0 saturated carbocycles. The molecule has 166 valence electrons. The van der Waals surface area contributed by atoms with Crippen LogP contribution in [0.15, 0.2) is 11.6 Å². The first-order valence-electron chi connectivity index (χ1n) is 11.7. The van der Waals surface area contributed by atoms with E-state index in [4.69, 9.17) is 0 Å². The van der Waals surface area contributed by atoms with Crippen LogP contribution in [0, 0.1) is 17.8 Å². The van der Waals surface area contributed by atoms with Crippen LogP contribution in [-0.4, -0.2) is 21.8 Å². The molecule has 0 aromatic heterocycles. The van der Waals surface area contributed by atoms with Crippen LogP contribution in [0.1, 0.15) is 119 Å². The highest BCUT2D eigenvalue weighted by atomic mass is 16.5. The van der Waals surface area contributed by atoms with E-state index in [-0.39, 0.29) is 12.8 Å². The third-order valence-corrected chi connectivity index (χ3v) is 5.94. The number of ketones is 1. The summed E-state index contributed by atoms with van der Waals surface area (Å²) in [5.74, 6) is -0.150. The van der Waals surface area contributed by atoms with Crippen LogP contribution in [0.5, 0.6) is 0 Å². The number of aliphatic hydroxyl groups is 2. The zero-order valence-electron chi connectivity index (χ0n) is 19.6. The number of hydrogen-bond donors (Lipinski definition) is 2. The fourth-order valence-electron chi connectivity index (χ4n) is 3.66. The van der Waals surface area contributed by atoms with Crippen molar-refractivity contribution in [1.29, 1.82) is 0 Å². The van der Waals surface area contributed by atoms with E-state index in [1.165, 1.54) is 56.9 Å². The maximum absolute atomic E-state index is 11.7. The molecule has 0 fully saturated rings. The van der Waals surface area contributed by atoms with Crippen molar-refractivity contribution in [2.75, 3.05) is 0 Å². The third kappa shape index (κ3) is 14.3. The average molecular weight is 397 g/mol. The molecule has 3 heteroatoms. The zero-order chi connectivity index (χ0) is 21.6. The van der Waals surface area contributed by atoms with Gasteiger partial charge in [-0.15, -0.1) is 0 Å². The van der Waals surface area contributed by atoms with Crippen molar-refractivity contribution in [3.63, 3.8) is 0 Å². The average Bonchev–Trinajstić information content (AvgIpc) is 2.61. The number of Topliss-reactive ketones (excluding diaryl/α,β-unsaturated/α-hetero) is 1. The minimum absolute atomic E-state index is 0.0448. The lowest BCUT2D eigenvalue weighted by atomic mass is 9.91. The molecule has 0 bridgehead atoms. The van der Waals surface area contributed by atoms with Gasteiger partial charge in [-0.25, -0.2) is 0 Å². The van der Waals surface area contributed by atoms with Crippen molar-refractivity contribution >= 4 is 5.78 Å². The second-order valence-electron chi connectivity index (χ2n) is 9.54. The van der Waals surface area contributed by atoms with E-state index in [2.05, 4.69) is 40.7 Å². The highest BCUT2D eigenvalue weighted by molar-refractivity contribution is 5.85. The Morgan fingerprint density at radius 1 is 0.857 bits per heavy atom. The Labute approximate surface area is 175 Å². The molecule has 0 rings (SSSR count). The Hall–Kier alpha value is -0.670. The predicted molar refractivity (Wildman–Crippen MR) is 120 cm³/mol. The van der Waals surface area contributed by atoms with E-state index in [0.717, 1.165) is 24.2 Å². The smallest absolute Gasteiger partial charge is 0.223 e. The van der Waals surface area contributed by atoms with Crippen molar-refractivity contribution in [3.8, 4) is 0 Å². The number of hydrogen-bond acceptors (Lipinski definition) is 3. The molecule has 0 radical (unpaired) electrons. The van der Waals surface area contributed by atoms with Gasteiger partial charge in [0.1, 0.15) is 0 Å². The highest BCUT2D eigenvalue weighted by Gasteiger charge is 2.29. The van der Waals surface area contributed by atoms with Crippen molar-refractivity contribution in [2.24, 2.45) is 17.8 Å². The SMILES string of the molecule is CCC(O)(O)C(=O)CCC=C(C)CCCC(C)CCCC(C)CCCC(C)C. The molecule has 0 heterocycles. The van der Waals surface area contributed by atoms with E-state index in [1.807, 2.05) is 0 Å². The lowest BCUT2D eigenvalue weighted by Crippen LogP contribution is -2.37. The molecular weight excluding hydrogens is 348 g/mol. The van der Waals surface area contributed by atoms with E-state index in [9.17, 15) is 15.0 Å². The van der Waals surface area contributed by atoms with Gasteiger partial charge in [-0.05, 0) is 43.9 Å². The quantitative estimate of drug-likeness (QED) is 0.210. The lowest BCUT2D eigenvalue weighted by molar-refractivity contribution is -0.183. The highest BCUT2D eigenvalue weighted by Crippen LogP contribution is 2.22. The van der Waals surface area contributed by atoms with Gasteiger partial charge in [-0.1, -0.05) is 91.2 Å². The van der Waals surface area contributed by atoms with E-state index < -0.39 is 11.6 Å². The maximum atomic E-state index is 11.7. The van der Waals surface area contributed by atoms with Crippen LogP contribution in [0.3, 0.4) is 0 Å². The summed E-state index contributed by atoms with van der Waals surface area (Å²) in [5.41, 5.74) is 1.30. The Kier molecular flexibility index (Phi) is 14.8. The molecular formula is C25H48O3.